The Hall–Kier alpha value is -1.81. The average molecular weight is 332 g/mol. The monoisotopic (exact) mass is 331 g/mol. The zero-order chi connectivity index (χ0) is 14.9. The molecule has 0 amide bonds. The van der Waals surface area contributed by atoms with E-state index >= 15 is 0 Å². The molecular weight excluding hydrogens is 310 g/mol. The summed E-state index contributed by atoms with van der Waals surface area (Å²) in [6.07, 6.45) is 5.92. The smallest absolute Gasteiger partial charge is 0.196 e. The molecule has 4 rings (SSSR count). The number of benzene rings is 1. The Morgan fingerprint density at radius 2 is 1.78 bits per heavy atom. The van der Waals surface area contributed by atoms with Crippen LogP contribution in [0.5, 0.6) is 0 Å². The molecule has 23 heavy (non-hydrogen) atoms. The van der Waals surface area contributed by atoms with E-state index in [9.17, 15) is 0 Å². The molecule has 5 heteroatoms. The number of nitrogens with zero attached hydrogens (tertiary/aromatic N) is 3. The van der Waals surface area contributed by atoms with Gasteiger partial charge in [0, 0.05) is 24.9 Å². The highest BCUT2D eigenvalue weighted by atomic mass is 35.5. The number of fused-ring (bicyclic) bond motifs is 3. The summed E-state index contributed by atoms with van der Waals surface area (Å²) < 4.78 is 6.11. The average Bonchev–Trinajstić information content (AvgIpc) is 2.73. The van der Waals surface area contributed by atoms with Crippen molar-refractivity contribution in [3.8, 4) is 0 Å². The molecule has 0 aliphatic carbocycles. The maximum atomic E-state index is 6.11. The van der Waals surface area contributed by atoms with Crippen molar-refractivity contribution < 1.29 is 4.42 Å². The Morgan fingerprint density at radius 1 is 1.04 bits per heavy atom. The molecule has 0 atom stereocenters. The summed E-state index contributed by atoms with van der Waals surface area (Å²) in [7, 11) is 0. The van der Waals surface area contributed by atoms with Gasteiger partial charge in [-0.05, 0) is 25.0 Å². The molecule has 3 heterocycles. The maximum absolute atomic E-state index is 6.11. The van der Waals surface area contributed by atoms with Crippen LogP contribution in [0.4, 0.5) is 5.82 Å². The number of halogens is 1. The van der Waals surface area contributed by atoms with Crippen molar-refractivity contribution in [2.75, 3.05) is 18.0 Å². The van der Waals surface area contributed by atoms with Crippen molar-refractivity contribution in [3.05, 3.63) is 30.1 Å². The molecule has 1 aliphatic rings. The number of hydrogen-bond acceptors (Lipinski definition) is 4. The first kappa shape index (κ1) is 16.1. The van der Waals surface area contributed by atoms with Crippen molar-refractivity contribution >= 4 is 40.3 Å². The van der Waals surface area contributed by atoms with E-state index in [0.717, 1.165) is 53.2 Å². The molecule has 0 saturated carbocycles. The van der Waals surface area contributed by atoms with E-state index in [1.165, 1.54) is 25.7 Å². The number of rotatable bonds is 2. The van der Waals surface area contributed by atoms with Crippen LogP contribution in [-0.2, 0) is 6.42 Å². The third-order valence-electron chi connectivity index (χ3n) is 4.47. The number of hydrogen-bond donors (Lipinski definition) is 0. The second-order valence-electron chi connectivity index (χ2n) is 5.99. The van der Waals surface area contributed by atoms with Crippen molar-refractivity contribution in [2.24, 2.45) is 0 Å². The van der Waals surface area contributed by atoms with Gasteiger partial charge in [0.05, 0.1) is 0 Å². The standard InChI is InChI=1S/C18H21N3O.ClH/c1-2-15-19-16-13-9-5-6-10-14(13)22-17(16)18(20-15)21-11-7-3-4-8-12-21;/h5-6,9-10H,2-4,7-8,11-12H2,1H3;1H. The van der Waals surface area contributed by atoms with E-state index in [4.69, 9.17) is 14.4 Å². The topological polar surface area (TPSA) is 42.2 Å². The lowest BCUT2D eigenvalue weighted by Crippen LogP contribution is -2.25. The first-order valence-corrected chi connectivity index (χ1v) is 8.30. The molecule has 1 fully saturated rings. The van der Waals surface area contributed by atoms with Crippen molar-refractivity contribution in [1.29, 1.82) is 0 Å². The fourth-order valence-electron chi connectivity index (χ4n) is 3.28. The quantitative estimate of drug-likeness (QED) is 0.680. The zero-order valence-electron chi connectivity index (χ0n) is 13.4. The Bertz CT molecular complexity index is 806. The largest absolute Gasteiger partial charge is 0.450 e. The molecule has 2 aromatic heterocycles. The fraction of sp³-hybridized carbons (Fsp3) is 0.444. The predicted octanol–water partition coefficient (Wildman–Crippen LogP) is 4.74. The van der Waals surface area contributed by atoms with Crippen molar-refractivity contribution in [3.63, 3.8) is 0 Å². The highest BCUT2D eigenvalue weighted by Crippen LogP contribution is 2.33. The molecule has 1 aromatic carbocycles. The Labute approximate surface area is 142 Å². The highest BCUT2D eigenvalue weighted by Gasteiger charge is 2.20. The number of aryl methyl sites for hydroxylation is 1. The van der Waals surface area contributed by atoms with Gasteiger partial charge in [-0.25, -0.2) is 9.97 Å². The molecule has 1 aliphatic heterocycles. The summed E-state index contributed by atoms with van der Waals surface area (Å²) in [5.41, 5.74) is 2.71. The zero-order valence-corrected chi connectivity index (χ0v) is 14.2. The molecule has 4 nitrogen and oxygen atoms in total. The van der Waals surface area contributed by atoms with Gasteiger partial charge in [-0.15, -0.1) is 12.4 Å². The second-order valence-corrected chi connectivity index (χ2v) is 5.99. The van der Waals surface area contributed by atoms with Crippen molar-refractivity contribution in [1.82, 2.24) is 9.97 Å². The lowest BCUT2D eigenvalue weighted by atomic mass is 10.2. The van der Waals surface area contributed by atoms with E-state index in [0.29, 0.717) is 0 Å². The Balaban J connectivity index is 0.00000156. The van der Waals surface area contributed by atoms with Crippen LogP contribution in [0.25, 0.3) is 22.1 Å². The van der Waals surface area contributed by atoms with E-state index in [2.05, 4.69) is 17.9 Å². The maximum Gasteiger partial charge on any atom is 0.196 e. The van der Waals surface area contributed by atoms with Gasteiger partial charge in [0.15, 0.2) is 11.4 Å². The van der Waals surface area contributed by atoms with Crippen LogP contribution in [0.1, 0.15) is 38.4 Å². The van der Waals surface area contributed by atoms with Crippen LogP contribution in [0, 0.1) is 0 Å². The van der Waals surface area contributed by atoms with Crippen LogP contribution < -0.4 is 4.90 Å². The van der Waals surface area contributed by atoms with E-state index < -0.39 is 0 Å². The Kier molecular flexibility index (Phi) is 4.71. The highest BCUT2D eigenvalue weighted by molar-refractivity contribution is 6.05. The molecule has 0 bridgehead atoms. The molecule has 0 unspecified atom stereocenters. The molecular formula is C18H22ClN3O. The van der Waals surface area contributed by atoms with Gasteiger partial charge in [-0.1, -0.05) is 31.9 Å². The van der Waals surface area contributed by atoms with E-state index in [1.807, 2.05) is 18.2 Å². The minimum atomic E-state index is 0. The molecule has 0 spiro atoms. The lowest BCUT2D eigenvalue weighted by molar-refractivity contribution is 0.656. The molecule has 122 valence electrons. The third kappa shape index (κ3) is 2.88. The Morgan fingerprint density at radius 3 is 2.52 bits per heavy atom. The van der Waals surface area contributed by atoms with E-state index in [-0.39, 0.29) is 12.4 Å². The summed E-state index contributed by atoms with van der Waals surface area (Å²) >= 11 is 0. The van der Waals surface area contributed by atoms with Gasteiger partial charge in [0.2, 0.25) is 0 Å². The molecule has 1 saturated heterocycles. The first-order chi connectivity index (χ1) is 10.9. The van der Waals surface area contributed by atoms with Gasteiger partial charge in [0.25, 0.3) is 0 Å². The summed E-state index contributed by atoms with van der Waals surface area (Å²) in [5.74, 6) is 1.89. The predicted molar refractivity (Wildman–Crippen MR) is 96.6 cm³/mol. The summed E-state index contributed by atoms with van der Waals surface area (Å²) in [5, 5.41) is 1.09. The minimum absolute atomic E-state index is 0. The van der Waals surface area contributed by atoms with Crippen LogP contribution in [-0.4, -0.2) is 23.1 Å². The van der Waals surface area contributed by atoms with E-state index in [1.54, 1.807) is 0 Å². The second kappa shape index (κ2) is 6.75. The number of furan rings is 1. The fourth-order valence-corrected chi connectivity index (χ4v) is 3.28. The number of anilines is 1. The van der Waals surface area contributed by atoms with Crippen LogP contribution in [0.3, 0.4) is 0 Å². The number of aromatic nitrogens is 2. The lowest BCUT2D eigenvalue weighted by Gasteiger charge is -2.21. The van der Waals surface area contributed by atoms with Crippen LogP contribution in [0.15, 0.2) is 28.7 Å². The molecule has 3 aromatic rings. The number of para-hydroxylation sites is 1. The van der Waals surface area contributed by atoms with Gasteiger partial charge >= 0.3 is 0 Å². The normalized spacial score (nSPS) is 15.6. The van der Waals surface area contributed by atoms with Crippen LogP contribution in [0.2, 0.25) is 0 Å². The van der Waals surface area contributed by atoms with Crippen molar-refractivity contribution in [2.45, 2.75) is 39.0 Å². The molecule has 0 N–H and O–H groups in total. The SMILES string of the molecule is CCc1nc(N2CCCCCC2)c2oc3ccccc3c2n1.Cl. The third-order valence-corrected chi connectivity index (χ3v) is 4.47. The first-order valence-electron chi connectivity index (χ1n) is 8.30. The summed E-state index contributed by atoms with van der Waals surface area (Å²) in [6.45, 7) is 4.23. The van der Waals surface area contributed by atoms with Gasteiger partial charge in [0.1, 0.15) is 16.9 Å². The summed E-state index contributed by atoms with van der Waals surface area (Å²) in [4.78, 5) is 11.9. The van der Waals surface area contributed by atoms with Gasteiger partial charge in [-0.3, -0.25) is 0 Å². The molecule has 0 radical (unpaired) electrons. The minimum Gasteiger partial charge on any atom is -0.450 e. The van der Waals surface area contributed by atoms with Gasteiger partial charge in [-0.2, -0.15) is 0 Å². The summed E-state index contributed by atoms with van der Waals surface area (Å²) in [6, 6.07) is 8.13. The van der Waals surface area contributed by atoms with Crippen LogP contribution >= 0.6 is 12.4 Å². The van der Waals surface area contributed by atoms with Gasteiger partial charge < -0.3 is 9.32 Å².